The van der Waals surface area contributed by atoms with Crippen LogP contribution in [-0.4, -0.2) is 15.3 Å². The standard InChI is InChI=1S/C7H5N3O/c1-3-8-4-2-6(1)7-5-9-11-10-7/h1-5H. The van der Waals surface area contributed by atoms with Crippen LogP contribution in [0.4, 0.5) is 0 Å². The third-order valence-corrected chi connectivity index (χ3v) is 1.34. The first-order valence-electron chi connectivity index (χ1n) is 3.15. The molecule has 2 aromatic heterocycles. The van der Waals surface area contributed by atoms with Gasteiger partial charge >= 0.3 is 0 Å². The Morgan fingerprint density at radius 1 is 1.18 bits per heavy atom. The first-order valence-corrected chi connectivity index (χ1v) is 3.15. The maximum absolute atomic E-state index is 4.45. The van der Waals surface area contributed by atoms with Gasteiger partial charge in [-0.15, -0.1) is 0 Å². The van der Waals surface area contributed by atoms with Crippen LogP contribution in [-0.2, 0) is 0 Å². The van der Waals surface area contributed by atoms with Gasteiger partial charge in [0.2, 0.25) is 0 Å². The van der Waals surface area contributed by atoms with Crippen LogP contribution < -0.4 is 0 Å². The molecule has 0 unspecified atom stereocenters. The van der Waals surface area contributed by atoms with E-state index >= 15 is 0 Å². The van der Waals surface area contributed by atoms with Crippen molar-refractivity contribution in [1.82, 2.24) is 15.3 Å². The molecule has 0 saturated heterocycles. The van der Waals surface area contributed by atoms with E-state index in [-0.39, 0.29) is 0 Å². The fourth-order valence-electron chi connectivity index (χ4n) is 0.815. The van der Waals surface area contributed by atoms with E-state index < -0.39 is 0 Å². The lowest BCUT2D eigenvalue weighted by atomic mass is 10.2. The molecule has 0 aromatic carbocycles. The van der Waals surface area contributed by atoms with Gasteiger partial charge in [-0.1, -0.05) is 5.16 Å². The van der Waals surface area contributed by atoms with E-state index in [0.29, 0.717) is 0 Å². The van der Waals surface area contributed by atoms with Crippen molar-refractivity contribution < 1.29 is 4.63 Å². The van der Waals surface area contributed by atoms with Crippen LogP contribution in [0.25, 0.3) is 11.3 Å². The van der Waals surface area contributed by atoms with E-state index in [9.17, 15) is 0 Å². The zero-order chi connectivity index (χ0) is 7.52. The molecule has 4 nitrogen and oxygen atoms in total. The van der Waals surface area contributed by atoms with Crippen molar-refractivity contribution in [1.29, 1.82) is 0 Å². The predicted molar refractivity (Wildman–Crippen MR) is 37.5 cm³/mol. The Hall–Kier alpha value is -1.71. The van der Waals surface area contributed by atoms with Crippen LogP contribution in [0.1, 0.15) is 0 Å². The summed E-state index contributed by atoms with van der Waals surface area (Å²) in [5, 5.41) is 7.16. The highest BCUT2D eigenvalue weighted by molar-refractivity contribution is 5.55. The van der Waals surface area contributed by atoms with Crippen LogP contribution in [0.5, 0.6) is 0 Å². The van der Waals surface area contributed by atoms with Gasteiger partial charge < -0.3 is 0 Å². The summed E-state index contributed by atoms with van der Waals surface area (Å²) in [6.45, 7) is 0. The van der Waals surface area contributed by atoms with E-state index in [1.165, 1.54) is 0 Å². The van der Waals surface area contributed by atoms with Crippen molar-refractivity contribution in [3.63, 3.8) is 0 Å². The number of nitrogens with zero attached hydrogens (tertiary/aromatic N) is 3. The normalized spacial score (nSPS) is 9.82. The Balaban J connectivity index is 2.46. The van der Waals surface area contributed by atoms with Gasteiger partial charge in [0.1, 0.15) is 5.69 Å². The molecule has 0 atom stereocenters. The molecule has 0 fully saturated rings. The molecule has 2 heterocycles. The molecule has 11 heavy (non-hydrogen) atoms. The zero-order valence-electron chi connectivity index (χ0n) is 5.64. The molecule has 54 valence electrons. The number of rotatable bonds is 1. The van der Waals surface area contributed by atoms with Crippen LogP contribution in [0.15, 0.2) is 35.4 Å². The first-order chi connectivity index (χ1) is 5.47. The van der Waals surface area contributed by atoms with Crippen LogP contribution in [0.2, 0.25) is 0 Å². The first kappa shape index (κ1) is 6.03. The van der Waals surface area contributed by atoms with Crippen molar-refractivity contribution >= 4 is 0 Å². The van der Waals surface area contributed by atoms with E-state index in [4.69, 9.17) is 0 Å². The van der Waals surface area contributed by atoms with E-state index in [1.54, 1.807) is 18.6 Å². The second-order valence-corrected chi connectivity index (χ2v) is 2.03. The molecular formula is C7H5N3O. The lowest BCUT2D eigenvalue weighted by molar-refractivity contribution is 0.308. The lowest BCUT2D eigenvalue weighted by Crippen LogP contribution is -1.76. The Labute approximate surface area is 62.8 Å². The average molecular weight is 147 g/mol. The van der Waals surface area contributed by atoms with Crippen LogP contribution in [0, 0.1) is 0 Å². The molecule has 2 rings (SSSR count). The molecule has 2 aromatic rings. The Kier molecular flexibility index (Phi) is 1.37. The number of hydrogen-bond acceptors (Lipinski definition) is 4. The third-order valence-electron chi connectivity index (χ3n) is 1.34. The fraction of sp³-hybridized carbons (Fsp3) is 0. The minimum atomic E-state index is 0.729. The lowest BCUT2D eigenvalue weighted by Gasteiger charge is -1.89. The Morgan fingerprint density at radius 2 is 2.00 bits per heavy atom. The summed E-state index contributed by atoms with van der Waals surface area (Å²) in [5.74, 6) is 0. The highest BCUT2D eigenvalue weighted by Gasteiger charge is 1.98. The molecule has 0 bridgehead atoms. The van der Waals surface area contributed by atoms with Gasteiger partial charge in [0, 0.05) is 18.0 Å². The minimum absolute atomic E-state index is 0.729. The fourth-order valence-corrected chi connectivity index (χ4v) is 0.815. The van der Waals surface area contributed by atoms with Crippen molar-refractivity contribution in [2.24, 2.45) is 0 Å². The maximum Gasteiger partial charge on any atom is 0.135 e. The summed E-state index contributed by atoms with van der Waals surface area (Å²) in [5.41, 5.74) is 1.69. The van der Waals surface area contributed by atoms with Crippen molar-refractivity contribution in [2.75, 3.05) is 0 Å². The summed E-state index contributed by atoms with van der Waals surface area (Å²) in [6.07, 6.45) is 4.96. The molecule has 0 aliphatic rings. The number of hydrogen-bond donors (Lipinski definition) is 0. The van der Waals surface area contributed by atoms with Crippen molar-refractivity contribution in [3.05, 3.63) is 30.7 Å². The number of pyridine rings is 1. The summed E-state index contributed by atoms with van der Waals surface area (Å²) >= 11 is 0. The molecule has 0 radical (unpaired) electrons. The summed E-state index contributed by atoms with van der Waals surface area (Å²) in [4.78, 5) is 3.88. The highest BCUT2D eigenvalue weighted by atomic mass is 16.6. The maximum atomic E-state index is 4.45. The second kappa shape index (κ2) is 2.49. The van der Waals surface area contributed by atoms with E-state index in [2.05, 4.69) is 19.9 Å². The van der Waals surface area contributed by atoms with Gasteiger partial charge in [-0.25, -0.2) is 4.63 Å². The van der Waals surface area contributed by atoms with Gasteiger partial charge in [0.05, 0.1) is 6.20 Å². The summed E-state index contributed by atoms with van der Waals surface area (Å²) in [6, 6.07) is 3.69. The van der Waals surface area contributed by atoms with Crippen molar-refractivity contribution in [3.8, 4) is 11.3 Å². The Morgan fingerprint density at radius 3 is 2.64 bits per heavy atom. The van der Waals surface area contributed by atoms with Gasteiger partial charge in [-0.3, -0.25) is 4.98 Å². The smallest absolute Gasteiger partial charge is 0.135 e. The molecule has 0 amide bonds. The summed E-state index contributed by atoms with van der Waals surface area (Å²) in [7, 11) is 0. The monoisotopic (exact) mass is 147 g/mol. The van der Waals surface area contributed by atoms with Gasteiger partial charge in [0.25, 0.3) is 0 Å². The van der Waals surface area contributed by atoms with Gasteiger partial charge in [-0.05, 0) is 17.3 Å². The highest BCUT2D eigenvalue weighted by Crippen LogP contribution is 2.12. The second-order valence-electron chi connectivity index (χ2n) is 2.03. The average Bonchev–Trinajstić information content (AvgIpc) is 2.58. The number of aromatic nitrogens is 3. The Bertz CT molecular complexity index is 317. The van der Waals surface area contributed by atoms with Crippen molar-refractivity contribution in [2.45, 2.75) is 0 Å². The molecule has 0 aliphatic carbocycles. The molecule has 0 N–H and O–H groups in total. The van der Waals surface area contributed by atoms with Crippen LogP contribution in [0.3, 0.4) is 0 Å². The zero-order valence-corrected chi connectivity index (χ0v) is 5.64. The van der Waals surface area contributed by atoms with Crippen LogP contribution >= 0.6 is 0 Å². The summed E-state index contributed by atoms with van der Waals surface area (Å²) < 4.78 is 4.45. The quantitative estimate of drug-likeness (QED) is 0.606. The van der Waals surface area contributed by atoms with E-state index in [0.717, 1.165) is 11.3 Å². The van der Waals surface area contributed by atoms with E-state index in [1.807, 2.05) is 12.1 Å². The molecule has 4 heteroatoms. The minimum Gasteiger partial charge on any atom is -0.265 e. The molecule has 0 saturated carbocycles. The molecular weight excluding hydrogens is 142 g/mol. The molecule has 0 aliphatic heterocycles. The van der Waals surface area contributed by atoms with Gasteiger partial charge in [0.15, 0.2) is 0 Å². The SMILES string of the molecule is c1cc(-c2cnon2)ccn1. The predicted octanol–water partition coefficient (Wildman–Crippen LogP) is 1.13. The third kappa shape index (κ3) is 1.10. The topological polar surface area (TPSA) is 51.8 Å². The largest absolute Gasteiger partial charge is 0.265 e. The van der Waals surface area contributed by atoms with Gasteiger partial charge in [-0.2, -0.15) is 0 Å². The molecule has 0 spiro atoms.